The van der Waals surface area contributed by atoms with Crippen LogP contribution in [0, 0.1) is 5.82 Å². The first-order valence-corrected chi connectivity index (χ1v) is 16.7. The monoisotopic (exact) mass is 756 g/mol. The molecule has 18 heteroatoms. The molecule has 2 aromatic heterocycles. The average molecular weight is 757 g/mol. The van der Waals surface area contributed by atoms with Crippen LogP contribution in [0.4, 0.5) is 36.6 Å². The fourth-order valence-electron chi connectivity index (χ4n) is 6.80. The highest BCUT2D eigenvalue weighted by atomic mass is 19.4. The summed E-state index contributed by atoms with van der Waals surface area (Å²) in [6.45, 7) is 0.482. The number of fused-ring (bicyclic) bond motifs is 2. The number of aliphatic imine (C=N–C) groups is 1. The summed E-state index contributed by atoms with van der Waals surface area (Å²) in [6, 6.07) is 9.03. The van der Waals surface area contributed by atoms with Crippen molar-refractivity contribution in [2.75, 3.05) is 25.1 Å². The Hall–Kier alpha value is -5.81. The SMILES string of the molecule is CN1CCOc2cc(-c3ncc4c(n3)CN(C(=O)c3cc(CN5C(=O)[C@@](CCCC(F)(F)F)(c6ccc(F)cc6)N=C5N)ccc3C(F)(F)F)C4)cnc21. The topological polar surface area (TPSA) is 130 Å². The molecule has 7 rings (SSSR count). The predicted molar refractivity (Wildman–Crippen MR) is 179 cm³/mol. The van der Waals surface area contributed by atoms with Crippen molar-refractivity contribution in [2.24, 2.45) is 10.7 Å². The number of ether oxygens (including phenoxy) is 1. The molecule has 0 bridgehead atoms. The molecule has 2 N–H and O–H groups in total. The molecular weight excluding hydrogens is 725 g/mol. The van der Waals surface area contributed by atoms with Crippen LogP contribution < -0.4 is 15.4 Å². The van der Waals surface area contributed by atoms with Crippen molar-refractivity contribution in [3.05, 3.63) is 100 Å². The Bertz CT molecular complexity index is 2160. The molecule has 282 valence electrons. The number of carbonyl (C=O) groups is 2. The molecule has 0 aliphatic carbocycles. The van der Waals surface area contributed by atoms with Crippen molar-refractivity contribution in [3.63, 3.8) is 0 Å². The van der Waals surface area contributed by atoms with Gasteiger partial charge in [-0.15, -0.1) is 0 Å². The number of guanidine groups is 1. The third-order valence-electron chi connectivity index (χ3n) is 9.54. The molecule has 0 saturated carbocycles. The Morgan fingerprint density at radius 1 is 1.00 bits per heavy atom. The first kappa shape index (κ1) is 36.5. The van der Waals surface area contributed by atoms with E-state index in [1.807, 2.05) is 11.9 Å². The molecule has 0 saturated heterocycles. The predicted octanol–water partition coefficient (Wildman–Crippen LogP) is 5.97. The van der Waals surface area contributed by atoms with Gasteiger partial charge in [-0.05, 0) is 54.3 Å². The maximum Gasteiger partial charge on any atom is 0.417 e. The van der Waals surface area contributed by atoms with E-state index in [0.29, 0.717) is 41.5 Å². The molecule has 2 amide bonds. The number of nitrogens with two attached hydrogens (primary N) is 1. The standard InChI is InChI=1S/C36H31F7N8O3/c1-49-11-12-54-28-14-21(15-46-30(28)49)29-45-16-22-18-50(19-27(22)47-29)31(52)25-13-20(3-8-26(25)36(41,42)43)17-51-32(53)34(48-33(51)44,9-2-10-35(38,39)40)23-4-6-24(37)7-5-23/h3-8,13-16H,2,9-12,17-19H2,1H3,(H2,44,48)/t34-/m1/s1. The van der Waals surface area contributed by atoms with Gasteiger partial charge in [-0.2, -0.15) is 26.3 Å². The Morgan fingerprint density at radius 3 is 2.48 bits per heavy atom. The van der Waals surface area contributed by atoms with Gasteiger partial charge >= 0.3 is 12.4 Å². The first-order valence-electron chi connectivity index (χ1n) is 16.7. The summed E-state index contributed by atoms with van der Waals surface area (Å²) in [5.41, 5.74) is 3.96. The highest BCUT2D eigenvalue weighted by Gasteiger charge is 2.49. The molecule has 5 heterocycles. The van der Waals surface area contributed by atoms with E-state index in [9.17, 15) is 40.3 Å². The zero-order chi connectivity index (χ0) is 38.6. The lowest BCUT2D eigenvalue weighted by Crippen LogP contribution is -2.42. The highest BCUT2D eigenvalue weighted by Crippen LogP contribution is 2.41. The Balaban J connectivity index is 1.14. The second-order valence-corrected chi connectivity index (χ2v) is 13.2. The molecule has 2 aromatic carbocycles. The maximum absolute atomic E-state index is 14.3. The van der Waals surface area contributed by atoms with E-state index in [0.717, 1.165) is 35.2 Å². The molecule has 0 radical (unpaired) electrons. The number of aromatic nitrogens is 3. The zero-order valence-electron chi connectivity index (χ0n) is 28.5. The highest BCUT2D eigenvalue weighted by molar-refractivity contribution is 6.07. The van der Waals surface area contributed by atoms with E-state index in [2.05, 4.69) is 19.9 Å². The summed E-state index contributed by atoms with van der Waals surface area (Å²) in [5.74, 6) is -1.37. The number of amides is 2. The van der Waals surface area contributed by atoms with Gasteiger partial charge in [0.1, 0.15) is 12.4 Å². The number of hydrogen-bond donors (Lipinski definition) is 1. The normalized spacial score (nSPS) is 18.4. The number of alkyl halides is 6. The van der Waals surface area contributed by atoms with Crippen LogP contribution in [-0.2, 0) is 36.1 Å². The molecule has 3 aliphatic heterocycles. The van der Waals surface area contributed by atoms with E-state index < -0.39 is 78.4 Å². The van der Waals surface area contributed by atoms with Gasteiger partial charge in [0.15, 0.2) is 28.9 Å². The van der Waals surface area contributed by atoms with Crippen LogP contribution in [-0.4, -0.2) is 68.9 Å². The fraction of sp³-hybridized carbons (Fsp3) is 0.333. The van der Waals surface area contributed by atoms with Crippen LogP contribution in [0.25, 0.3) is 11.4 Å². The number of likely N-dealkylation sites (N-methyl/N-ethyl adjacent to an activating group) is 1. The van der Waals surface area contributed by atoms with E-state index in [1.165, 1.54) is 23.2 Å². The van der Waals surface area contributed by atoms with Gasteiger partial charge in [0, 0.05) is 43.5 Å². The van der Waals surface area contributed by atoms with Crippen LogP contribution in [0.15, 0.2) is 65.9 Å². The number of carbonyl (C=O) groups excluding carboxylic acids is 2. The Labute approximate surface area is 303 Å². The van der Waals surface area contributed by atoms with Gasteiger partial charge < -0.3 is 20.3 Å². The minimum absolute atomic E-state index is 0.0645. The number of rotatable bonds is 8. The van der Waals surface area contributed by atoms with Crippen LogP contribution in [0.3, 0.4) is 0 Å². The third-order valence-corrected chi connectivity index (χ3v) is 9.54. The molecule has 1 atom stereocenters. The lowest BCUT2D eigenvalue weighted by Gasteiger charge is -2.27. The second-order valence-electron chi connectivity index (χ2n) is 13.2. The molecule has 0 spiro atoms. The van der Waals surface area contributed by atoms with Gasteiger partial charge in [0.25, 0.3) is 11.8 Å². The van der Waals surface area contributed by atoms with E-state index in [4.69, 9.17) is 10.5 Å². The van der Waals surface area contributed by atoms with Crippen molar-refractivity contribution in [1.82, 2.24) is 24.8 Å². The van der Waals surface area contributed by atoms with Crippen LogP contribution in [0.5, 0.6) is 5.75 Å². The van der Waals surface area contributed by atoms with Crippen molar-refractivity contribution >= 4 is 23.6 Å². The molecule has 0 fully saturated rings. The minimum Gasteiger partial charge on any atom is -0.488 e. The molecular formula is C36H31F7N8O3. The van der Waals surface area contributed by atoms with Crippen molar-refractivity contribution in [1.29, 1.82) is 0 Å². The number of anilines is 1. The summed E-state index contributed by atoms with van der Waals surface area (Å²) in [6.07, 6.45) is -8.55. The first-order chi connectivity index (χ1) is 25.5. The van der Waals surface area contributed by atoms with E-state index >= 15 is 0 Å². The molecule has 11 nitrogen and oxygen atoms in total. The number of pyridine rings is 1. The molecule has 3 aliphatic rings. The van der Waals surface area contributed by atoms with E-state index in [1.54, 1.807) is 12.3 Å². The van der Waals surface area contributed by atoms with Crippen molar-refractivity contribution in [2.45, 2.75) is 56.8 Å². The largest absolute Gasteiger partial charge is 0.488 e. The fourth-order valence-corrected chi connectivity index (χ4v) is 6.80. The number of halogens is 7. The minimum atomic E-state index is -4.93. The maximum atomic E-state index is 14.3. The smallest absolute Gasteiger partial charge is 0.417 e. The summed E-state index contributed by atoms with van der Waals surface area (Å²) in [5, 5.41) is 0. The summed E-state index contributed by atoms with van der Waals surface area (Å²) in [4.78, 5) is 49.5. The van der Waals surface area contributed by atoms with Crippen LogP contribution in [0.2, 0.25) is 0 Å². The second kappa shape index (κ2) is 13.6. The van der Waals surface area contributed by atoms with Gasteiger partial charge in [0.2, 0.25) is 0 Å². The summed E-state index contributed by atoms with van der Waals surface area (Å²) >= 11 is 0. The summed E-state index contributed by atoms with van der Waals surface area (Å²) in [7, 11) is 1.88. The van der Waals surface area contributed by atoms with Crippen LogP contribution in [0.1, 0.15) is 57.6 Å². The van der Waals surface area contributed by atoms with Gasteiger partial charge in [-0.3, -0.25) is 14.5 Å². The number of hydrogen-bond acceptors (Lipinski definition) is 9. The Morgan fingerprint density at radius 2 is 1.76 bits per heavy atom. The zero-order valence-corrected chi connectivity index (χ0v) is 28.5. The van der Waals surface area contributed by atoms with Gasteiger partial charge in [-0.1, -0.05) is 18.2 Å². The lowest BCUT2D eigenvalue weighted by atomic mass is 9.84. The van der Waals surface area contributed by atoms with Gasteiger partial charge in [0.05, 0.1) is 36.5 Å². The van der Waals surface area contributed by atoms with Gasteiger partial charge in [-0.25, -0.2) is 24.3 Å². The van der Waals surface area contributed by atoms with Crippen molar-refractivity contribution in [3.8, 4) is 17.1 Å². The number of nitrogens with zero attached hydrogens (tertiary/aromatic N) is 7. The quantitative estimate of drug-likeness (QED) is 0.218. The Kier molecular flexibility index (Phi) is 9.17. The third kappa shape index (κ3) is 6.99. The van der Waals surface area contributed by atoms with Crippen molar-refractivity contribution < 1.29 is 45.1 Å². The average Bonchev–Trinajstić information content (AvgIpc) is 3.65. The van der Waals surface area contributed by atoms with Crippen LogP contribution >= 0.6 is 0 Å². The lowest BCUT2D eigenvalue weighted by molar-refractivity contribution is -0.139. The molecule has 4 aromatic rings. The number of benzene rings is 2. The molecule has 54 heavy (non-hydrogen) atoms. The van der Waals surface area contributed by atoms with E-state index in [-0.39, 0.29) is 30.0 Å². The molecule has 0 unspecified atom stereocenters. The summed E-state index contributed by atoms with van der Waals surface area (Å²) < 4.78 is 102.